The van der Waals surface area contributed by atoms with Gasteiger partial charge in [-0.25, -0.2) is 0 Å². The van der Waals surface area contributed by atoms with Crippen molar-refractivity contribution in [2.45, 2.75) is 63.5 Å². The number of rotatable bonds is 2. The zero-order valence-electron chi connectivity index (χ0n) is 10.6. The van der Waals surface area contributed by atoms with Crippen LogP contribution in [-0.2, 0) is 9.47 Å². The van der Waals surface area contributed by atoms with Gasteiger partial charge in [0.15, 0.2) is 0 Å². The fourth-order valence-electron chi connectivity index (χ4n) is 2.78. The summed E-state index contributed by atoms with van der Waals surface area (Å²) in [5, 5.41) is 13.2. The maximum atomic E-state index is 9.72. The van der Waals surface area contributed by atoms with E-state index in [-0.39, 0.29) is 29.4 Å². The van der Waals surface area contributed by atoms with Crippen LogP contribution in [0, 0.1) is 0 Å². The van der Waals surface area contributed by atoms with Crippen molar-refractivity contribution in [2.24, 2.45) is 0 Å². The Morgan fingerprint density at radius 1 is 1.19 bits per heavy atom. The van der Waals surface area contributed by atoms with Crippen molar-refractivity contribution in [3.05, 3.63) is 0 Å². The van der Waals surface area contributed by atoms with Gasteiger partial charge >= 0.3 is 0 Å². The van der Waals surface area contributed by atoms with Crippen LogP contribution < -0.4 is 5.32 Å². The van der Waals surface area contributed by atoms with E-state index < -0.39 is 0 Å². The lowest BCUT2D eigenvalue weighted by Gasteiger charge is -2.30. The van der Waals surface area contributed by atoms with E-state index >= 15 is 0 Å². The summed E-state index contributed by atoms with van der Waals surface area (Å²) in [5.74, 6) is 0. The molecule has 3 unspecified atom stereocenters. The van der Waals surface area contributed by atoms with Crippen molar-refractivity contribution >= 4 is 0 Å². The molecular formula is C12H23NO3. The summed E-state index contributed by atoms with van der Waals surface area (Å²) in [6, 6.07) is 0.311. The van der Waals surface area contributed by atoms with Crippen LogP contribution in [0.5, 0.6) is 0 Å². The topological polar surface area (TPSA) is 50.7 Å². The average Bonchev–Trinajstić information content (AvgIpc) is 2.56. The van der Waals surface area contributed by atoms with Crippen molar-refractivity contribution in [3.63, 3.8) is 0 Å². The molecule has 4 heteroatoms. The van der Waals surface area contributed by atoms with Crippen LogP contribution in [0.4, 0.5) is 0 Å². The maximum absolute atomic E-state index is 9.72. The molecule has 94 valence electrons. The molecule has 0 aromatic carbocycles. The summed E-state index contributed by atoms with van der Waals surface area (Å²) < 4.78 is 11.3. The van der Waals surface area contributed by atoms with Crippen molar-refractivity contribution < 1.29 is 14.6 Å². The number of ether oxygens (including phenoxy) is 2. The summed E-state index contributed by atoms with van der Waals surface area (Å²) in [7, 11) is 0. The van der Waals surface area contributed by atoms with Crippen LogP contribution in [0.25, 0.3) is 0 Å². The van der Waals surface area contributed by atoms with Gasteiger partial charge in [-0.3, -0.25) is 0 Å². The molecule has 4 nitrogen and oxygen atoms in total. The van der Waals surface area contributed by atoms with E-state index in [1.807, 2.05) is 0 Å². The summed E-state index contributed by atoms with van der Waals surface area (Å²) in [6.07, 6.45) is 0.572. The first-order valence-electron chi connectivity index (χ1n) is 6.02. The van der Waals surface area contributed by atoms with Crippen LogP contribution in [-0.4, -0.2) is 47.7 Å². The average molecular weight is 229 g/mol. The van der Waals surface area contributed by atoms with Crippen molar-refractivity contribution in [1.29, 1.82) is 0 Å². The first-order chi connectivity index (χ1) is 7.30. The Kier molecular flexibility index (Phi) is 3.03. The third-order valence-corrected chi connectivity index (χ3v) is 3.54. The Hall–Kier alpha value is -0.160. The predicted octanol–water partition coefficient (Wildman–Crippen LogP) is 0.682. The molecule has 0 aromatic heterocycles. The van der Waals surface area contributed by atoms with Crippen LogP contribution in [0.3, 0.4) is 0 Å². The zero-order chi connectivity index (χ0) is 12.0. The van der Waals surface area contributed by atoms with Gasteiger partial charge in [0.2, 0.25) is 0 Å². The van der Waals surface area contributed by atoms with Crippen molar-refractivity contribution in [3.8, 4) is 0 Å². The van der Waals surface area contributed by atoms with Crippen LogP contribution in [0.15, 0.2) is 0 Å². The van der Waals surface area contributed by atoms with E-state index in [2.05, 4.69) is 33.0 Å². The predicted molar refractivity (Wildman–Crippen MR) is 61.4 cm³/mol. The molecule has 0 bridgehead atoms. The third-order valence-electron chi connectivity index (χ3n) is 3.54. The highest BCUT2D eigenvalue weighted by atomic mass is 16.5. The second-order valence-electron chi connectivity index (χ2n) is 6.10. The molecule has 2 aliphatic rings. The number of hydrogen-bond acceptors (Lipinski definition) is 4. The van der Waals surface area contributed by atoms with E-state index in [0.29, 0.717) is 13.2 Å². The molecule has 2 heterocycles. The lowest BCUT2D eigenvalue weighted by molar-refractivity contribution is -0.0709. The Bertz CT molecular complexity index is 265. The number of hydrogen-bond donors (Lipinski definition) is 2. The normalized spacial score (nSPS) is 41.4. The number of nitrogens with one attached hydrogen (secondary N) is 1. The molecular weight excluding hydrogens is 206 g/mol. The minimum atomic E-state index is -0.389. The Labute approximate surface area is 97.3 Å². The third kappa shape index (κ3) is 2.40. The Morgan fingerprint density at radius 3 is 2.31 bits per heavy atom. The van der Waals surface area contributed by atoms with E-state index in [0.717, 1.165) is 6.42 Å². The fraction of sp³-hybridized carbons (Fsp3) is 1.00. The SMILES string of the molecule is CC1(C)CC(NC2COCC2O)C(C)(C)O1. The van der Waals surface area contributed by atoms with Gasteiger partial charge in [0.1, 0.15) is 0 Å². The van der Waals surface area contributed by atoms with E-state index in [9.17, 15) is 5.11 Å². The van der Waals surface area contributed by atoms with E-state index in [1.165, 1.54) is 0 Å². The first-order valence-corrected chi connectivity index (χ1v) is 6.02. The van der Waals surface area contributed by atoms with E-state index in [4.69, 9.17) is 9.47 Å². The van der Waals surface area contributed by atoms with Gasteiger partial charge < -0.3 is 19.9 Å². The van der Waals surface area contributed by atoms with Crippen molar-refractivity contribution in [2.75, 3.05) is 13.2 Å². The number of aliphatic hydroxyl groups excluding tert-OH is 1. The molecule has 2 rings (SSSR count). The second kappa shape index (κ2) is 3.95. The summed E-state index contributed by atoms with van der Waals surface area (Å²) in [5.41, 5.74) is -0.280. The fourth-order valence-corrected chi connectivity index (χ4v) is 2.78. The van der Waals surface area contributed by atoms with Gasteiger partial charge in [-0.15, -0.1) is 0 Å². The van der Waals surface area contributed by atoms with Gasteiger partial charge in [-0.1, -0.05) is 0 Å². The lowest BCUT2D eigenvalue weighted by atomic mass is 9.93. The smallest absolute Gasteiger partial charge is 0.0948 e. The van der Waals surface area contributed by atoms with Gasteiger partial charge in [0, 0.05) is 6.04 Å². The molecule has 2 aliphatic heterocycles. The van der Waals surface area contributed by atoms with Gasteiger partial charge in [-0.05, 0) is 34.1 Å². The highest BCUT2D eigenvalue weighted by Crippen LogP contribution is 2.37. The molecule has 16 heavy (non-hydrogen) atoms. The maximum Gasteiger partial charge on any atom is 0.0948 e. The molecule has 0 aromatic rings. The summed E-state index contributed by atoms with van der Waals surface area (Å²) >= 11 is 0. The second-order valence-corrected chi connectivity index (χ2v) is 6.10. The van der Waals surface area contributed by atoms with Gasteiger partial charge in [0.25, 0.3) is 0 Å². The largest absolute Gasteiger partial charge is 0.389 e. The molecule has 2 saturated heterocycles. The highest BCUT2D eigenvalue weighted by Gasteiger charge is 2.47. The monoisotopic (exact) mass is 229 g/mol. The lowest BCUT2D eigenvalue weighted by Crippen LogP contribution is -2.51. The number of aliphatic hydroxyl groups is 1. The summed E-state index contributed by atoms with van der Waals surface area (Å²) in [6.45, 7) is 9.45. The van der Waals surface area contributed by atoms with Crippen LogP contribution >= 0.6 is 0 Å². The molecule has 2 N–H and O–H groups in total. The summed E-state index contributed by atoms with van der Waals surface area (Å²) in [4.78, 5) is 0. The standard InChI is InChI=1S/C12H23NO3/c1-11(2)5-10(12(3,4)16-11)13-8-6-15-7-9(8)14/h8-10,13-14H,5-7H2,1-4H3. The van der Waals surface area contributed by atoms with Gasteiger partial charge in [-0.2, -0.15) is 0 Å². The molecule has 0 amide bonds. The molecule has 0 spiro atoms. The Morgan fingerprint density at radius 2 is 1.88 bits per heavy atom. The van der Waals surface area contributed by atoms with Gasteiger partial charge in [0.05, 0.1) is 36.6 Å². The first kappa shape index (κ1) is 12.3. The minimum absolute atomic E-state index is 0.0433. The zero-order valence-corrected chi connectivity index (χ0v) is 10.6. The molecule has 0 aliphatic carbocycles. The highest BCUT2D eigenvalue weighted by molar-refractivity contribution is 5.01. The van der Waals surface area contributed by atoms with E-state index in [1.54, 1.807) is 0 Å². The molecule has 2 fully saturated rings. The molecule has 0 radical (unpaired) electrons. The molecule has 3 atom stereocenters. The van der Waals surface area contributed by atoms with Crippen molar-refractivity contribution in [1.82, 2.24) is 5.32 Å². The minimum Gasteiger partial charge on any atom is -0.389 e. The van der Waals surface area contributed by atoms with Crippen LogP contribution in [0.1, 0.15) is 34.1 Å². The Balaban J connectivity index is 1.99. The quantitative estimate of drug-likeness (QED) is 0.731. The molecule has 0 saturated carbocycles. The van der Waals surface area contributed by atoms with Crippen LogP contribution in [0.2, 0.25) is 0 Å².